The van der Waals surface area contributed by atoms with Crippen LogP contribution in [0.4, 0.5) is 0 Å². The molecule has 4 nitrogen and oxygen atoms in total. The number of aliphatic imine (C=N–C) groups is 1. The van der Waals surface area contributed by atoms with Crippen LogP contribution in [0.25, 0.3) is 0 Å². The zero-order valence-electron chi connectivity index (χ0n) is 9.46. The van der Waals surface area contributed by atoms with E-state index < -0.39 is 11.6 Å². The molecule has 0 aromatic heterocycles. The zero-order valence-corrected chi connectivity index (χ0v) is 9.46. The van der Waals surface area contributed by atoms with E-state index in [4.69, 9.17) is 4.74 Å². The van der Waals surface area contributed by atoms with E-state index in [1.165, 1.54) is 6.92 Å². The molecule has 1 unspecified atom stereocenters. The summed E-state index contributed by atoms with van der Waals surface area (Å²) in [5.74, 6) is -0.619. The van der Waals surface area contributed by atoms with Crippen molar-refractivity contribution in [3.8, 4) is 0 Å². The summed E-state index contributed by atoms with van der Waals surface area (Å²) < 4.78 is 5.10. The van der Waals surface area contributed by atoms with Crippen LogP contribution in [0.1, 0.15) is 34.1 Å². The summed E-state index contributed by atoms with van der Waals surface area (Å²) in [6.07, 6.45) is 1.96. The Bertz CT molecular complexity index is 368. The second-order valence-corrected chi connectivity index (χ2v) is 3.81. The Hall–Kier alpha value is -1.45. The summed E-state index contributed by atoms with van der Waals surface area (Å²) in [6, 6.07) is 0. The van der Waals surface area contributed by atoms with Crippen LogP contribution in [-0.2, 0) is 14.3 Å². The fourth-order valence-corrected chi connectivity index (χ4v) is 1.38. The highest BCUT2D eigenvalue weighted by atomic mass is 16.6. The highest BCUT2D eigenvalue weighted by Gasteiger charge is 2.40. The molecule has 0 radical (unpaired) electrons. The standard InChI is InChI=1S/C11H15NO3/c1-5-12-9-6-11(4,8(3)13)15-10(14)7(9)2/h5H,6H2,1-4H3/b12-5-. The maximum absolute atomic E-state index is 11.5. The van der Waals surface area contributed by atoms with Crippen LogP contribution in [0.5, 0.6) is 0 Å². The van der Waals surface area contributed by atoms with Gasteiger partial charge in [0.1, 0.15) is 0 Å². The highest BCUT2D eigenvalue weighted by molar-refractivity contribution is 5.95. The van der Waals surface area contributed by atoms with Gasteiger partial charge < -0.3 is 4.74 Å². The number of hydrogen-bond acceptors (Lipinski definition) is 4. The van der Waals surface area contributed by atoms with Crippen molar-refractivity contribution in [2.24, 2.45) is 4.99 Å². The fourth-order valence-electron chi connectivity index (χ4n) is 1.38. The van der Waals surface area contributed by atoms with Crippen LogP contribution in [0.15, 0.2) is 16.3 Å². The summed E-state index contributed by atoms with van der Waals surface area (Å²) in [6.45, 7) is 6.46. The van der Waals surface area contributed by atoms with Crippen LogP contribution in [0.2, 0.25) is 0 Å². The molecule has 0 saturated heterocycles. The molecule has 1 aliphatic rings. The molecule has 0 spiro atoms. The van der Waals surface area contributed by atoms with E-state index in [1.807, 2.05) is 0 Å². The van der Waals surface area contributed by atoms with E-state index in [2.05, 4.69) is 4.99 Å². The lowest BCUT2D eigenvalue weighted by Crippen LogP contribution is -2.42. The number of rotatable bonds is 2. The van der Waals surface area contributed by atoms with Crippen molar-refractivity contribution in [1.82, 2.24) is 0 Å². The van der Waals surface area contributed by atoms with Crippen molar-refractivity contribution >= 4 is 18.0 Å². The first-order valence-electron chi connectivity index (χ1n) is 4.83. The lowest BCUT2D eigenvalue weighted by atomic mass is 9.91. The third-order valence-corrected chi connectivity index (χ3v) is 2.59. The van der Waals surface area contributed by atoms with Crippen LogP contribution in [-0.4, -0.2) is 23.6 Å². The average Bonchev–Trinajstić information content (AvgIpc) is 2.14. The monoisotopic (exact) mass is 209 g/mol. The van der Waals surface area contributed by atoms with Gasteiger partial charge in [-0.15, -0.1) is 0 Å². The van der Waals surface area contributed by atoms with Crippen LogP contribution < -0.4 is 0 Å². The maximum atomic E-state index is 11.5. The van der Waals surface area contributed by atoms with Gasteiger partial charge in [0.05, 0.1) is 11.3 Å². The van der Waals surface area contributed by atoms with Crippen LogP contribution in [0.3, 0.4) is 0 Å². The molecule has 15 heavy (non-hydrogen) atoms. The minimum absolute atomic E-state index is 0.160. The molecule has 0 aromatic carbocycles. The van der Waals surface area contributed by atoms with Gasteiger partial charge in [-0.2, -0.15) is 0 Å². The van der Waals surface area contributed by atoms with E-state index in [0.29, 0.717) is 17.7 Å². The van der Waals surface area contributed by atoms with Crippen molar-refractivity contribution < 1.29 is 14.3 Å². The SMILES string of the molecule is C/C=N\C1=C(C)C(=O)OC(C)(C(C)=O)C1. The average molecular weight is 209 g/mol. The summed E-state index contributed by atoms with van der Waals surface area (Å²) in [7, 11) is 0. The minimum atomic E-state index is -1.06. The van der Waals surface area contributed by atoms with Gasteiger partial charge in [-0.25, -0.2) is 4.79 Å². The van der Waals surface area contributed by atoms with Crippen molar-refractivity contribution in [3.63, 3.8) is 0 Å². The second kappa shape index (κ2) is 3.96. The third-order valence-electron chi connectivity index (χ3n) is 2.59. The van der Waals surface area contributed by atoms with Gasteiger partial charge in [-0.3, -0.25) is 9.79 Å². The molecule has 1 heterocycles. The molecule has 1 atom stereocenters. The highest BCUT2D eigenvalue weighted by Crippen LogP contribution is 2.31. The Kier molecular flexibility index (Phi) is 3.07. The van der Waals surface area contributed by atoms with Gasteiger partial charge in [0.25, 0.3) is 0 Å². The third kappa shape index (κ3) is 2.14. The smallest absolute Gasteiger partial charge is 0.336 e. The Morgan fingerprint density at radius 3 is 2.67 bits per heavy atom. The topological polar surface area (TPSA) is 55.7 Å². The molecule has 82 valence electrons. The molecule has 0 bridgehead atoms. The van der Waals surface area contributed by atoms with Gasteiger partial charge in [-0.05, 0) is 27.7 Å². The summed E-state index contributed by atoms with van der Waals surface area (Å²) >= 11 is 0. The fraction of sp³-hybridized carbons (Fsp3) is 0.545. The first kappa shape index (κ1) is 11.6. The zero-order chi connectivity index (χ0) is 11.6. The van der Waals surface area contributed by atoms with Crippen molar-refractivity contribution in [2.75, 3.05) is 0 Å². The van der Waals surface area contributed by atoms with Crippen molar-refractivity contribution in [3.05, 3.63) is 11.3 Å². The Morgan fingerprint density at radius 2 is 2.20 bits per heavy atom. The number of cyclic esters (lactones) is 1. The first-order valence-corrected chi connectivity index (χ1v) is 4.83. The molecule has 0 saturated carbocycles. The molecule has 1 aliphatic heterocycles. The predicted molar refractivity (Wildman–Crippen MR) is 56.7 cm³/mol. The Balaban J connectivity index is 3.12. The number of ether oxygens (including phenoxy) is 1. The summed E-state index contributed by atoms with van der Waals surface area (Å²) in [4.78, 5) is 27.0. The number of carbonyl (C=O) groups excluding carboxylic acids is 2. The van der Waals surface area contributed by atoms with E-state index in [-0.39, 0.29) is 5.78 Å². The van der Waals surface area contributed by atoms with Gasteiger partial charge in [0.15, 0.2) is 11.4 Å². The molecular weight excluding hydrogens is 194 g/mol. The molecule has 0 amide bonds. The van der Waals surface area contributed by atoms with Gasteiger partial charge in [0, 0.05) is 12.6 Å². The lowest BCUT2D eigenvalue weighted by molar-refractivity contribution is -0.163. The van der Waals surface area contributed by atoms with Gasteiger partial charge >= 0.3 is 5.97 Å². The van der Waals surface area contributed by atoms with E-state index in [0.717, 1.165) is 0 Å². The number of ketones is 1. The van der Waals surface area contributed by atoms with E-state index >= 15 is 0 Å². The Labute approximate surface area is 89.0 Å². The molecule has 1 rings (SSSR count). The second-order valence-electron chi connectivity index (χ2n) is 3.81. The summed E-state index contributed by atoms with van der Waals surface area (Å²) in [5.41, 5.74) is 0.0524. The van der Waals surface area contributed by atoms with E-state index in [1.54, 1.807) is 27.0 Å². The Morgan fingerprint density at radius 1 is 1.60 bits per heavy atom. The lowest BCUT2D eigenvalue weighted by Gasteiger charge is -2.31. The predicted octanol–water partition coefficient (Wildman–Crippen LogP) is 1.65. The first-order chi connectivity index (χ1) is 6.90. The molecule has 0 aliphatic carbocycles. The van der Waals surface area contributed by atoms with E-state index in [9.17, 15) is 9.59 Å². The molecule has 4 heteroatoms. The van der Waals surface area contributed by atoms with Crippen molar-refractivity contribution in [2.45, 2.75) is 39.7 Å². The quantitative estimate of drug-likeness (QED) is 0.513. The number of carbonyl (C=O) groups is 2. The number of nitrogens with zero attached hydrogens (tertiary/aromatic N) is 1. The number of esters is 1. The number of Topliss-reactive ketones (excluding diaryl/α,β-unsaturated/α-hetero) is 1. The maximum Gasteiger partial charge on any atom is 0.336 e. The normalized spacial score (nSPS) is 27.1. The van der Waals surface area contributed by atoms with Crippen LogP contribution in [0, 0.1) is 0 Å². The van der Waals surface area contributed by atoms with Gasteiger partial charge in [-0.1, -0.05) is 0 Å². The largest absolute Gasteiger partial charge is 0.448 e. The van der Waals surface area contributed by atoms with Crippen molar-refractivity contribution in [1.29, 1.82) is 0 Å². The molecule has 0 aromatic rings. The molecular formula is C11H15NO3. The van der Waals surface area contributed by atoms with Crippen LogP contribution >= 0.6 is 0 Å². The van der Waals surface area contributed by atoms with Gasteiger partial charge in [0.2, 0.25) is 0 Å². The molecule has 0 N–H and O–H groups in total. The summed E-state index contributed by atoms with van der Waals surface area (Å²) in [5, 5.41) is 0. The molecule has 0 fully saturated rings. The minimum Gasteiger partial charge on any atom is -0.448 e. The number of hydrogen-bond donors (Lipinski definition) is 0.